The predicted molar refractivity (Wildman–Crippen MR) is 36.8 cm³/mol. The molecule has 1 aliphatic rings. The number of rotatable bonds is 2. The molecular weight excluding hydrogens is 148 g/mol. The fourth-order valence-corrected chi connectivity index (χ4v) is 0.904. The van der Waals surface area contributed by atoms with Crippen molar-refractivity contribution in [2.75, 3.05) is 6.61 Å². The lowest BCUT2D eigenvalue weighted by molar-refractivity contribution is -0.141. The number of hydrogen-bond donors (Lipinski definition) is 1. The van der Waals surface area contributed by atoms with Crippen LogP contribution in [0.15, 0.2) is 11.5 Å². The monoisotopic (exact) mass is 158 g/mol. The van der Waals surface area contributed by atoms with E-state index in [0.717, 1.165) is 0 Å². The molecule has 1 heterocycles. The minimum Gasteiger partial charge on any atom is -0.499 e. The van der Waals surface area contributed by atoms with E-state index in [2.05, 4.69) is 4.74 Å². The Labute approximate surface area is 64.4 Å². The SMILES string of the molecule is CCOC1=C(O)C(=O)OC1C. The zero-order valence-electron chi connectivity index (χ0n) is 6.46. The van der Waals surface area contributed by atoms with Gasteiger partial charge in [-0.05, 0) is 13.8 Å². The van der Waals surface area contributed by atoms with Crippen LogP contribution in [0, 0.1) is 0 Å². The van der Waals surface area contributed by atoms with Crippen LogP contribution in [0.1, 0.15) is 13.8 Å². The van der Waals surface area contributed by atoms with Crippen molar-refractivity contribution in [3.63, 3.8) is 0 Å². The Balaban J connectivity index is 2.79. The van der Waals surface area contributed by atoms with Crippen molar-refractivity contribution in [1.82, 2.24) is 0 Å². The number of aliphatic hydroxyl groups excluding tert-OH is 1. The van der Waals surface area contributed by atoms with Crippen LogP contribution in [0.3, 0.4) is 0 Å². The Kier molecular flexibility index (Phi) is 2.03. The summed E-state index contributed by atoms with van der Waals surface area (Å²) in [6.45, 7) is 3.84. The maximum Gasteiger partial charge on any atom is 0.377 e. The molecule has 0 bridgehead atoms. The van der Waals surface area contributed by atoms with E-state index in [-0.39, 0.29) is 5.76 Å². The molecule has 0 fully saturated rings. The van der Waals surface area contributed by atoms with Gasteiger partial charge in [-0.3, -0.25) is 0 Å². The molecule has 1 rings (SSSR count). The summed E-state index contributed by atoms with van der Waals surface area (Å²) in [5, 5.41) is 9.04. The van der Waals surface area contributed by atoms with E-state index in [1.807, 2.05) is 0 Å². The van der Waals surface area contributed by atoms with Gasteiger partial charge in [0.2, 0.25) is 5.76 Å². The molecule has 1 atom stereocenters. The van der Waals surface area contributed by atoms with Crippen LogP contribution in [0.4, 0.5) is 0 Å². The molecule has 0 saturated heterocycles. The first-order valence-electron chi connectivity index (χ1n) is 3.43. The van der Waals surface area contributed by atoms with Crippen LogP contribution < -0.4 is 0 Å². The van der Waals surface area contributed by atoms with E-state index in [9.17, 15) is 4.79 Å². The zero-order valence-corrected chi connectivity index (χ0v) is 6.46. The smallest absolute Gasteiger partial charge is 0.377 e. The molecule has 0 aromatic heterocycles. The lowest BCUT2D eigenvalue weighted by Gasteiger charge is -2.06. The van der Waals surface area contributed by atoms with Gasteiger partial charge in [0, 0.05) is 0 Å². The van der Waals surface area contributed by atoms with E-state index in [1.165, 1.54) is 0 Å². The summed E-state index contributed by atoms with van der Waals surface area (Å²) in [7, 11) is 0. The molecule has 1 unspecified atom stereocenters. The zero-order chi connectivity index (χ0) is 8.43. The lowest BCUT2D eigenvalue weighted by Crippen LogP contribution is -2.07. The van der Waals surface area contributed by atoms with Crippen LogP contribution in [-0.4, -0.2) is 23.8 Å². The van der Waals surface area contributed by atoms with Gasteiger partial charge in [0.15, 0.2) is 11.9 Å². The van der Waals surface area contributed by atoms with Crippen LogP contribution >= 0.6 is 0 Å². The van der Waals surface area contributed by atoms with E-state index < -0.39 is 17.8 Å². The minimum atomic E-state index is -0.707. The first-order valence-corrected chi connectivity index (χ1v) is 3.43. The summed E-state index contributed by atoms with van der Waals surface area (Å²) in [5.41, 5.74) is 0. The van der Waals surface area contributed by atoms with E-state index >= 15 is 0 Å². The Bertz CT molecular complexity index is 206. The summed E-state index contributed by atoms with van der Waals surface area (Å²) in [5.74, 6) is -0.877. The molecule has 0 aromatic rings. The molecule has 4 heteroatoms. The van der Waals surface area contributed by atoms with Crippen molar-refractivity contribution in [2.45, 2.75) is 20.0 Å². The molecule has 62 valence electrons. The molecule has 11 heavy (non-hydrogen) atoms. The van der Waals surface area contributed by atoms with Gasteiger partial charge in [-0.2, -0.15) is 0 Å². The average Bonchev–Trinajstić information content (AvgIpc) is 2.17. The fraction of sp³-hybridized carbons (Fsp3) is 0.571. The number of ether oxygens (including phenoxy) is 2. The third-order valence-electron chi connectivity index (χ3n) is 1.38. The second-order valence-corrected chi connectivity index (χ2v) is 2.19. The normalized spacial score (nSPS) is 23.8. The Hall–Kier alpha value is -1.19. The Morgan fingerprint density at radius 2 is 2.36 bits per heavy atom. The maximum absolute atomic E-state index is 10.7. The van der Waals surface area contributed by atoms with E-state index in [0.29, 0.717) is 6.61 Å². The molecule has 0 aliphatic carbocycles. The van der Waals surface area contributed by atoms with Crippen molar-refractivity contribution in [3.05, 3.63) is 11.5 Å². The number of cyclic esters (lactones) is 1. The molecule has 0 spiro atoms. The number of carbonyl (C=O) groups excluding carboxylic acids is 1. The average molecular weight is 158 g/mol. The van der Waals surface area contributed by atoms with Crippen molar-refractivity contribution in [1.29, 1.82) is 0 Å². The van der Waals surface area contributed by atoms with Crippen molar-refractivity contribution in [3.8, 4) is 0 Å². The number of hydrogen-bond acceptors (Lipinski definition) is 4. The predicted octanol–water partition coefficient (Wildman–Crippen LogP) is 0.738. The van der Waals surface area contributed by atoms with Gasteiger partial charge >= 0.3 is 5.97 Å². The van der Waals surface area contributed by atoms with Crippen molar-refractivity contribution >= 4 is 5.97 Å². The first-order chi connectivity index (χ1) is 5.16. The van der Waals surface area contributed by atoms with Gasteiger partial charge in [0.25, 0.3) is 0 Å². The standard InChI is InChI=1S/C7H10O4/c1-3-10-6-4(2)11-7(9)5(6)8/h4,8H,3H2,1-2H3. The van der Waals surface area contributed by atoms with Crippen LogP contribution in [-0.2, 0) is 14.3 Å². The second kappa shape index (κ2) is 2.82. The highest BCUT2D eigenvalue weighted by atomic mass is 16.6. The molecular formula is C7H10O4. The van der Waals surface area contributed by atoms with Crippen LogP contribution in [0.25, 0.3) is 0 Å². The summed E-state index contributed by atoms with van der Waals surface area (Å²) >= 11 is 0. The highest BCUT2D eigenvalue weighted by Gasteiger charge is 2.32. The molecule has 0 saturated carbocycles. The van der Waals surface area contributed by atoms with E-state index in [4.69, 9.17) is 9.84 Å². The van der Waals surface area contributed by atoms with Gasteiger partial charge in [-0.15, -0.1) is 0 Å². The highest BCUT2D eigenvalue weighted by Crippen LogP contribution is 2.20. The summed E-state index contributed by atoms with van der Waals surface area (Å²) in [6.07, 6.45) is -0.456. The summed E-state index contributed by atoms with van der Waals surface area (Å²) < 4.78 is 9.63. The van der Waals surface area contributed by atoms with Gasteiger partial charge in [0.05, 0.1) is 6.61 Å². The fourth-order valence-electron chi connectivity index (χ4n) is 0.904. The summed E-state index contributed by atoms with van der Waals surface area (Å²) in [4.78, 5) is 10.7. The molecule has 4 nitrogen and oxygen atoms in total. The minimum absolute atomic E-state index is 0.234. The Morgan fingerprint density at radius 1 is 1.73 bits per heavy atom. The van der Waals surface area contributed by atoms with Gasteiger partial charge in [-0.1, -0.05) is 0 Å². The largest absolute Gasteiger partial charge is 0.499 e. The number of carbonyl (C=O) groups is 1. The Morgan fingerprint density at radius 3 is 2.73 bits per heavy atom. The summed E-state index contributed by atoms with van der Waals surface area (Å²) in [6, 6.07) is 0. The molecule has 1 aliphatic heterocycles. The molecule has 0 radical (unpaired) electrons. The van der Waals surface area contributed by atoms with Crippen LogP contribution in [0.5, 0.6) is 0 Å². The maximum atomic E-state index is 10.7. The van der Waals surface area contributed by atoms with E-state index in [1.54, 1.807) is 13.8 Å². The van der Waals surface area contributed by atoms with Gasteiger partial charge < -0.3 is 14.6 Å². The second-order valence-electron chi connectivity index (χ2n) is 2.19. The number of esters is 1. The quantitative estimate of drug-likeness (QED) is 0.602. The lowest BCUT2D eigenvalue weighted by atomic mass is 10.3. The number of aliphatic hydroxyl groups is 1. The van der Waals surface area contributed by atoms with Gasteiger partial charge in [0.1, 0.15) is 0 Å². The highest BCUT2D eigenvalue weighted by molar-refractivity contribution is 5.89. The topological polar surface area (TPSA) is 55.8 Å². The van der Waals surface area contributed by atoms with Crippen LogP contribution in [0.2, 0.25) is 0 Å². The molecule has 1 N–H and O–H groups in total. The van der Waals surface area contributed by atoms with Crippen molar-refractivity contribution in [2.24, 2.45) is 0 Å². The molecule has 0 aromatic carbocycles. The van der Waals surface area contributed by atoms with Crippen molar-refractivity contribution < 1.29 is 19.4 Å². The first kappa shape index (κ1) is 7.91. The third-order valence-corrected chi connectivity index (χ3v) is 1.38. The van der Waals surface area contributed by atoms with Gasteiger partial charge in [-0.25, -0.2) is 4.79 Å². The molecule has 0 amide bonds. The third kappa shape index (κ3) is 1.29.